The van der Waals surface area contributed by atoms with Gasteiger partial charge in [-0.1, -0.05) is 30.3 Å². The molecule has 1 radical (unpaired) electrons. The minimum absolute atomic E-state index is 0.279. The number of rotatable bonds is 2. The van der Waals surface area contributed by atoms with Gasteiger partial charge in [-0.15, -0.1) is 0 Å². The van der Waals surface area contributed by atoms with Crippen LogP contribution in [0.3, 0.4) is 0 Å². The lowest BCUT2D eigenvalue weighted by atomic mass is 10.2. The van der Waals surface area contributed by atoms with E-state index in [0.29, 0.717) is 6.54 Å². The molecule has 0 aromatic heterocycles. The van der Waals surface area contributed by atoms with E-state index in [0.717, 1.165) is 5.56 Å². The minimum Gasteiger partial charge on any atom is -0.332 e. The van der Waals surface area contributed by atoms with Crippen LogP contribution < -0.4 is 10.6 Å². The van der Waals surface area contributed by atoms with Gasteiger partial charge in [-0.3, -0.25) is 0 Å². The number of hydrogen-bond donors (Lipinski definition) is 1. The van der Waals surface area contributed by atoms with Crippen molar-refractivity contribution in [3.63, 3.8) is 0 Å². The van der Waals surface area contributed by atoms with Crippen LogP contribution in [0.4, 0.5) is 4.79 Å². The van der Waals surface area contributed by atoms with E-state index in [1.54, 1.807) is 0 Å². The van der Waals surface area contributed by atoms with Gasteiger partial charge in [0.25, 0.3) is 0 Å². The molecule has 3 heteroatoms. The highest BCUT2D eigenvalue weighted by atomic mass is 16.2. The van der Waals surface area contributed by atoms with E-state index in [1.807, 2.05) is 30.3 Å². The molecule has 0 atom stereocenters. The van der Waals surface area contributed by atoms with Crippen LogP contribution in [-0.2, 0) is 6.54 Å². The molecule has 0 aliphatic heterocycles. The van der Waals surface area contributed by atoms with E-state index in [9.17, 15) is 4.79 Å². The average molecular weight is 163 g/mol. The van der Waals surface area contributed by atoms with Crippen LogP contribution in [0, 0.1) is 0 Å². The molecule has 0 bridgehead atoms. The zero-order chi connectivity index (χ0) is 8.81. The third kappa shape index (κ3) is 2.62. The van der Waals surface area contributed by atoms with Gasteiger partial charge in [0.1, 0.15) is 0 Å². The number of nitrogens with one attached hydrogen (secondary N) is 1. The van der Waals surface area contributed by atoms with Gasteiger partial charge in [0.15, 0.2) is 0 Å². The highest BCUT2D eigenvalue weighted by Gasteiger charge is 1.96. The zero-order valence-electron chi connectivity index (χ0n) is 6.95. The molecule has 0 saturated heterocycles. The maximum atomic E-state index is 10.7. The fourth-order valence-corrected chi connectivity index (χ4v) is 0.853. The third-order valence-corrected chi connectivity index (χ3v) is 1.49. The molecular formula is C9H11N2O. The van der Waals surface area contributed by atoms with Gasteiger partial charge in [0, 0.05) is 13.6 Å². The second-order valence-electron chi connectivity index (χ2n) is 2.37. The van der Waals surface area contributed by atoms with Crippen molar-refractivity contribution in [2.45, 2.75) is 6.54 Å². The first-order valence-electron chi connectivity index (χ1n) is 3.74. The molecule has 0 fully saturated rings. The van der Waals surface area contributed by atoms with Crippen LogP contribution in [0.5, 0.6) is 0 Å². The Labute approximate surface area is 71.8 Å². The Morgan fingerprint density at radius 1 is 1.42 bits per heavy atom. The molecule has 63 valence electrons. The summed E-state index contributed by atoms with van der Waals surface area (Å²) in [5, 5.41) is 6.10. The number of benzene rings is 1. The Hall–Kier alpha value is -1.51. The van der Waals surface area contributed by atoms with Crippen molar-refractivity contribution in [2.75, 3.05) is 7.05 Å². The summed E-state index contributed by atoms with van der Waals surface area (Å²) in [6, 6.07) is 9.44. The van der Waals surface area contributed by atoms with E-state index >= 15 is 0 Å². The second-order valence-corrected chi connectivity index (χ2v) is 2.37. The Kier molecular flexibility index (Phi) is 3.14. The molecule has 0 saturated carbocycles. The number of hydrogen-bond acceptors (Lipinski definition) is 1. The van der Waals surface area contributed by atoms with Crippen LogP contribution in [-0.4, -0.2) is 13.1 Å². The molecule has 0 aliphatic carbocycles. The fourth-order valence-electron chi connectivity index (χ4n) is 0.853. The van der Waals surface area contributed by atoms with Crippen molar-refractivity contribution < 1.29 is 4.79 Å². The van der Waals surface area contributed by atoms with Crippen molar-refractivity contribution in [3.05, 3.63) is 35.9 Å². The van der Waals surface area contributed by atoms with E-state index in [4.69, 9.17) is 0 Å². The number of carbonyl (C=O) groups is 1. The van der Waals surface area contributed by atoms with Crippen LogP contribution in [0.25, 0.3) is 0 Å². The van der Waals surface area contributed by atoms with Gasteiger partial charge >= 0.3 is 6.03 Å². The predicted molar refractivity (Wildman–Crippen MR) is 46.7 cm³/mol. The van der Waals surface area contributed by atoms with Crippen molar-refractivity contribution in [1.82, 2.24) is 10.6 Å². The first kappa shape index (κ1) is 8.59. The lowest BCUT2D eigenvalue weighted by Crippen LogP contribution is -2.27. The van der Waals surface area contributed by atoms with Crippen LogP contribution in [0.2, 0.25) is 0 Å². The first-order valence-corrected chi connectivity index (χ1v) is 3.74. The first-order chi connectivity index (χ1) is 5.83. The summed E-state index contributed by atoms with van der Waals surface area (Å²) in [7, 11) is 1.47. The molecule has 2 amide bonds. The molecule has 0 unspecified atom stereocenters. The second kappa shape index (κ2) is 4.38. The Morgan fingerprint density at radius 2 is 2.08 bits per heavy atom. The number of nitrogens with zero attached hydrogens (tertiary/aromatic N) is 1. The summed E-state index contributed by atoms with van der Waals surface area (Å²) in [5.74, 6) is 0. The lowest BCUT2D eigenvalue weighted by Gasteiger charge is -2.01. The maximum Gasteiger partial charge on any atom is 0.336 e. The van der Waals surface area contributed by atoms with Crippen LogP contribution in [0.15, 0.2) is 30.3 Å². The standard InChI is InChI=1S/C9H11N2O/c1-10-9(12)11-7-8-5-3-2-4-6-8/h2-6H,7H2,1H3,(H,11,12). The van der Waals surface area contributed by atoms with Crippen molar-refractivity contribution in [3.8, 4) is 0 Å². The van der Waals surface area contributed by atoms with Crippen LogP contribution in [0.1, 0.15) is 5.56 Å². The molecule has 1 aromatic rings. The van der Waals surface area contributed by atoms with E-state index in [-0.39, 0.29) is 6.03 Å². The zero-order valence-corrected chi connectivity index (χ0v) is 6.95. The summed E-state index contributed by atoms with van der Waals surface area (Å²) < 4.78 is 0. The normalized spacial score (nSPS) is 9.08. The molecule has 1 N–H and O–H groups in total. The summed E-state index contributed by atoms with van der Waals surface area (Å²) in [5.41, 5.74) is 1.08. The third-order valence-electron chi connectivity index (χ3n) is 1.49. The van der Waals surface area contributed by atoms with Gasteiger partial charge < -0.3 is 5.32 Å². The quantitative estimate of drug-likeness (QED) is 0.697. The molecule has 0 aliphatic rings. The van der Waals surface area contributed by atoms with Crippen LogP contribution >= 0.6 is 0 Å². The summed E-state index contributed by atoms with van der Waals surface area (Å²) in [6.07, 6.45) is 0. The summed E-state index contributed by atoms with van der Waals surface area (Å²) in [4.78, 5) is 10.7. The largest absolute Gasteiger partial charge is 0.336 e. The average Bonchev–Trinajstić information content (AvgIpc) is 2.16. The SMILES string of the molecule is C[N]C(=O)NCc1ccccc1. The van der Waals surface area contributed by atoms with Gasteiger partial charge in [-0.05, 0) is 5.56 Å². The molecule has 0 spiro atoms. The smallest absolute Gasteiger partial charge is 0.332 e. The van der Waals surface area contributed by atoms with Crippen molar-refractivity contribution >= 4 is 6.03 Å². The van der Waals surface area contributed by atoms with E-state index < -0.39 is 0 Å². The molecule has 3 nitrogen and oxygen atoms in total. The molecule has 1 aromatic carbocycles. The van der Waals surface area contributed by atoms with Gasteiger partial charge in [0.05, 0.1) is 0 Å². The fraction of sp³-hybridized carbons (Fsp3) is 0.222. The summed E-state index contributed by atoms with van der Waals surface area (Å²) >= 11 is 0. The summed E-state index contributed by atoms with van der Waals surface area (Å²) in [6.45, 7) is 0.539. The van der Waals surface area contributed by atoms with E-state index in [1.165, 1.54) is 7.05 Å². The predicted octanol–water partition coefficient (Wildman–Crippen LogP) is 1.13. The molecular weight excluding hydrogens is 152 g/mol. The maximum absolute atomic E-state index is 10.7. The topological polar surface area (TPSA) is 43.2 Å². The minimum atomic E-state index is -0.279. The Balaban J connectivity index is 2.38. The Bertz CT molecular complexity index is 246. The van der Waals surface area contributed by atoms with Gasteiger partial charge in [-0.25, -0.2) is 10.1 Å². The number of urea groups is 1. The highest BCUT2D eigenvalue weighted by molar-refractivity contribution is 5.73. The lowest BCUT2D eigenvalue weighted by molar-refractivity contribution is 0.242. The number of carbonyl (C=O) groups excluding carboxylic acids is 1. The molecule has 12 heavy (non-hydrogen) atoms. The molecule has 1 rings (SSSR count). The monoisotopic (exact) mass is 163 g/mol. The van der Waals surface area contributed by atoms with Crippen molar-refractivity contribution in [1.29, 1.82) is 0 Å². The highest BCUT2D eigenvalue weighted by Crippen LogP contribution is 1.96. The van der Waals surface area contributed by atoms with E-state index in [2.05, 4.69) is 10.6 Å². The number of amides is 2. The van der Waals surface area contributed by atoms with Gasteiger partial charge in [0.2, 0.25) is 0 Å². The molecule has 0 heterocycles. The van der Waals surface area contributed by atoms with Gasteiger partial charge in [-0.2, -0.15) is 0 Å². The Morgan fingerprint density at radius 3 is 2.67 bits per heavy atom. The van der Waals surface area contributed by atoms with Crippen molar-refractivity contribution in [2.24, 2.45) is 0 Å².